The summed E-state index contributed by atoms with van der Waals surface area (Å²) in [7, 11) is 0. The molecule has 0 atom stereocenters. The number of carbonyl (C=O) groups excluding carboxylic acids is 1. The maximum Gasteiger partial charge on any atom is 0.330 e. The fraction of sp³-hybridized carbons (Fsp3) is 0.278. The number of benzene rings is 1. The molecule has 9 nitrogen and oxygen atoms in total. The largest absolute Gasteiger partial charge is 0.384 e. The van der Waals surface area contributed by atoms with E-state index in [4.69, 9.17) is 17.3 Å². The van der Waals surface area contributed by atoms with Crippen molar-refractivity contribution in [3.63, 3.8) is 0 Å². The predicted molar refractivity (Wildman–Crippen MR) is 110 cm³/mol. The van der Waals surface area contributed by atoms with E-state index in [0.29, 0.717) is 10.2 Å². The molecule has 1 aliphatic rings. The second kappa shape index (κ2) is 7.53. The molecule has 4 rings (SSSR count). The molecular weight excluding hydrogens is 416 g/mol. The number of nitrogen functional groups attached to an aromatic ring is 1. The molecule has 0 radical (unpaired) electrons. The Kier molecular flexibility index (Phi) is 5.05. The number of nitrogens with one attached hydrogen (secondary N) is 1. The fourth-order valence-electron chi connectivity index (χ4n) is 2.96. The van der Waals surface area contributed by atoms with Gasteiger partial charge in [0.1, 0.15) is 17.7 Å². The van der Waals surface area contributed by atoms with Crippen LogP contribution in [0.1, 0.15) is 34.8 Å². The first-order chi connectivity index (χ1) is 13.9. The SMILES string of the molecule is Cc1ccc(-n2cnnc2SCC(=O)c2c(N)n(C3CC3)c(=O)[nH]c2=O)cc1Cl. The minimum absolute atomic E-state index is 0.0621. The van der Waals surface area contributed by atoms with E-state index in [1.54, 1.807) is 10.6 Å². The van der Waals surface area contributed by atoms with Gasteiger partial charge in [0, 0.05) is 11.1 Å². The van der Waals surface area contributed by atoms with Crippen LogP contribution in [0, 0.1) is 6.92 Å². The Morgan fingerprint density at radius 1 is 1.38 bits per heavy atom. The molecule has 1 saturated carbocycles. The Hall–Kier alpha value is -2.85. The third-order valence-corrected chi connectivity index (χ3v) is 6.01. The first kappa shape index (κ1) is 19.5. The Labute approximate surface area is 173 Å². The summed E-state index contributed by atoms with van der Waals surface area (Å²) in [5.41, 5.74) is 6.12. The van der Waals surface area contributed by atoms with E-state index in [1.807, 2.05) is 19.1 Å². The first-order valence-corrected chi connectivity index (χ1v) is 10.2. The van der Waals surface area contributed by atoms with Crippen LogP contribution in [0.4, 0.5) is 5.82 Å². The van der Waals surface area contributed by atoms with Crippen LogP contribution in [-0.4, -0.2) is 35.9 Å². The van der Waals surface area contributed by atoms with E-state index in [-0.39, 0.29) is 23.2 Å². The molecule has 1 fully saturated rings. The number of halogens is 1. The van der Waals surface area contributed by atoms with Crippen molar-refractivity contribution in [3.8, 4) is 5.69 Å². The molecule has 0 unspecified atom stereocenters. The van der Waals surface area contributed by atoms with Crippen LogP contribution in [0.3, 0.4) is 0 Å². The van der Waals surface area contributed by atoms with Gasteiger partial charge in [-0.2, -0.15) is 0 Å². The van der Waals surface area contributed by atoms with Crippen LogP contribution in [0.15, 0.2) is 39.3 Å². The molecule has 0 amide bonds. The Morgan fingerprint density at radius 2 is 2.14 bits per heavy atom. The highest BCUT2D eigenvalue weighted by Gasteiger charge is 2.30. The smallest absolute Gasteiger partial charge is 0.330 e. The minimum Gasteiger partial charge on any atom is -0.384 e. The number of carbonyl (C=O) groups is 1. The monoisotopic (exact) mass is 432 g/mol. The average Bonchev–Trinajstić information content (AvgIpc) is 3.38. The average molecular weight is 433 g/mol. The quantitative estimate of drug-likeness (QED) is 0.450. The van der Waals surface area contributed by atoms with Gasteiger partial charge in [-0.1, -0.05) is 29.4 Å². The second-order valence-electron chi connectivity index (χ2n) is 6.75. The van der Waals surface area contributed by atoms with Crippen LogP contribution in [0.2, 0.25) is 5.02 Å². The number of ketones is 1. The molecule has 0 bridgehead atoms. The molecule has 150 valence electrons. The summed E-state index contributed by atoms with van der Waals surface area (Å²) in [5, 5.41) is 8.99. The maximum atomic E-state index is 12.7. The highest BCUT2D eigenvalue weighted by molar-refractivity contribution is 7.99. The molecule has 2 heterocycles. The summed E-state index contributed by atoms with van der Waals surface area (Å²) < 4.78 is 2.98. The number of anilines is 1. The zero-order valence-corrected chi connectivity index (χ0v) is 17.0. The van der Waals surface area contributed by atoms with E-state index < -0.39 is 17.0 Å². The minimum atomic E-state index is -0.776. The van der Waals surface area contributed by atoms with Gasteiger partial charge in [-0.3, -0.25) is 23.7 Å². The number of aromatic amines is 1. The number of nitrogens with zero attached hydrogens (tertiary/aromatic N) is 4. The zero-order valence-electron chi connectivity index (χ0n) is 15.4. The first-order valence-electron chi connectivity index (χ1n) is 8.83. The van der Waals surface area contributed by atoms with Crippen molar-refractivity contribution >= 4 is 35.0 Å². The van der Waals surface area contributed by atoms with Crippen LogP contribution < -0.4 is 17.0 Å². The van der Waals surface area contributed by atoms with Crippen molar-refractivity contribution in [3.05, 3.63) is 61.5 Å². The van der Waals surface area contributed by atoms with Crippen molar-refractivity contribution in [1.29, 1.82) is 0 Å². The normalized spacial score (nSPS) is 13.6. The molecule has 2 aromatic heterocycles. The van der Waals surface area contributed by atoms with Gasteiger partial charge in [0.05, 0.1) is 11.4 Å². The van der Waals surface area contributed by atoms with Crippen LogP contribution in [0.5, 0.6) is 0 Å². The van der Waals surface area contributed by atoms with Crippen LogP contribution in [0.25, 0.3) is 5.69 Å². The number of rotatable bonds is 6. The van der Waals surface area contributed by atoms with Gasteiger partial charge >= 0.3 is 5.69 Å². The Bertz CT molecular complexity index is 1230. The van der Waals surface area contributed by atoms with E-state index in [2.05, 4.69) is 15.2 Å². The number of H-pyrrole nitrogens is 1. The summed E-state index contributed by atoms with van der Waals surface area (Å²) in [6.07, 6.45) is 3.10. The predicted octanol–water partition coefficient (Wildman–Crippen LogP) is 1.97. The topological polar surface area (TPSA) is 129 Å². The molecule has 3 aromatic rings. The highest BCUT2D eigenvalue weighted by atomic mass is 35.5. The number of aromatic nitrogens is 5. The van der Waals surface area contributed by atoms with Gasteiger partial charge in [-0.25, -0.2) is 4.79 Å². The van der Waals surface area contributed by atoms with Crippen molar-refractivity contribution in [2.75, 3.05) is 11.5 Å². The summed E-state index contributed by atoms with van der Waals surface area (Å²) in [6.45, 7) is 1.90. The van der Waals surface area contributed by atoms with Gasteiger partial charge in [-0.05, 0) is 37.5 Å². The number of nitrogens with two attached hydrogens (primary N) is 1. The number of aryl methyl sites for hydroxylation is 1. The van der Waals surface area contributed by atoms with E-state index in [0.717, 1.165) is 35.9 Å². The third kappa shape index (κ3) is 3.73. The molecule has 1 aliphatic carbocycles. The lowest BCUT2D eigenvalue weighted by atomic mass is 10.2. The third-order valence-electron chi connectivity index (χ3n) is 4.66. The number of hydrogen-bond acceptors (Lipinski definition) is 7. The number of Topliss-reactive ketones (excluding diaryl/α,β-unsaturated/α-hetero) is 1. The molecule has 29 heavy (non-hydrogen) atoms. The Morgan fingerprint density at radius 3 is 2.83 bits per heavy atom. The van der Waals surface area contributed by atoms with Gasteiger partial charge in [0.15, 0.2) is 10.9 Å². The standard InChI is InChI=1S/C18H17ClN6O3S/c1-9-2-3-11(6-12(9)19)24-8-21-23-18(24)29-7-13(26)14-15(20)25(10-4-5-10)17(28)22-16(14)27/h2-3,6,8,10H,4-5,7,20H2,1H3,(H,22,27,28). The van der Waals surface area contributed by atoms with Crippen molar-refractivity contribution in [1.82, 2.24) is 24.3 Å². The molecule has 1 aromatic carbocycles. The van der Waals surface area contributed by atoms with Gasteiger partial charge in [0.25, 0.3) is 5.56 Å². The van der Waals surface area contributed by atoms with Gasteiger partial charge < -0.3 is 5.73 Å². The van der Waals surface area contributed by atoms with Crippen LogP contribution in [-0.2, 0) is 0 Å². The summed E-state index contributed by atoms with van der Waals surface area (Å²) >= 11 is 7.30. The van der Waals surface area contributed by atoms with E-state index in [9.17, 15) is 14.4 Å². The summed E-state index contributed by atoms with van der Waals surface area (Å²) in [4.78, 5) is 39.1. The lowest BCUT2D eigenvalue weighted by molar-refractivity contribution is 0.102. The Balaban J connectivity index is 1.58. The molecule has 0 aliphatic heterocycles. The van der Waals surface area contributed by atoms with Crippen molar-refractivity contribution in [2.45, 2.75) is 31.0 Å². The molecule has 0 saturated heterocycles. The zero-order chi connectivity index (χ0) is 20.7. The van der Waals surface area contributed by atoms with E-state index >= 15 is 0 Å². The molecule has 11 heteroatoms. The molecular formula is C18H17ClN6O3S. The van der Waals surface area contributed by atoms with Crippen LogP contribution >= 0.6 is 23.4 Å². The van der Waals surface area contributed by atoms with Gasteiger partial charge in [0.2, 0.25) is 0 Å². The maximum absolute atomic E-state index is 12.7. The second-order valence-corrected chi connectivity index (χ2v) is 8.10. The summed E-state index contributed by atoms with van der Waals surface area (Å²) in [6, 6.07) is 5.46. The fourth-order valence-corrected chi connectivity index (χ4v) is 3.94. The lowest BCUT2D eigenvalue weighted by Gasteiger charge is -2.11. The highest BCUT2D eigenvalue weighted by Crippen LogP contribution is 2.35. The van der Waals surface area contributed by atoms with Crippen molar-refractivity contribution < 1.29 is 4.79 Å². The van der Waals surface area contributed by atoms with Crippen molar-refractivity contribution in [2.24, 2.45) is 0 Å². The molecule has 3 N–H and O–H groups in total. The summed E-state index contributed by atoms with van der Waals surface area (Å²) in [5.74, 6) is -0.660. The number of thioether (sulfide) groups is 1. The lowest BCUT2D eigenvalue weighted by Crippen LogP contribution is -2.36. The van der Waals surface area contributed by atoms with E-state index in [1.165, 1.54) is 10.9 Å². The molecule has 0 spiro atoms. The number of hydrogen-bond donors (Lipinski definition) is 2. The van der Waals surface area contributed by atoms with Gasteiger partial charge in [-0.15, -0.1) is 10.2 Å².